The van der Waals surface area contributed by atoms with Crippen molar-refractivity contribution in [3.63, 3.8) is 0 Å². The minimum atomic E-state index is -0.971. The molecule has 0 aliphatic carbocycles. The molecular weight excluding hydrogens is 402 g/mol. The zero-order chi connectivity index (χ0) is 21.0. The third-order valence-electron chi connectivity index (χ3n) is 4.00. The van der Waals surface area contributed by atoms with Crippen LogP contribution in [-0.2, 0) is 4.79 Å². The predicted octanol–water partition coefficient (Wildman–Crippen LogP) is 4.75. The molecule has 1 aromatic heterocycles. The molecule has 0 aliphatic rings. The zero-order valence-corrected chi connectivity index (χ0v) is 16.1. The number of amides is 1. The van der Waals surface area contributed by atoms with Gasteiger partial charge >= 0.3 is 0 Å². The summed E-state index contributed by atoms with van der Waals surface area (Å²) in [6.07, 6.45) is 0.0607. The Morgan fingerprint density at radius 1 is 1.21 bits per heavy atom. The third kappa shape index (κ3) is 4.91. The van der Waals surface area contributed by atoms with E-state index in [2.05, 4.69) is 15.6 Å². The lowest BCUT2D eigenvalue weighted by Gasteiger charge is -2.06. The lowest BCUT2D eigenvalue weighted by atomic mass is 10.1. The molecule has 1 heterocycles. The summed E-state index contributed by atoms with van der Waals surface area (Å²) in [7, 11) is 0. The van der Waals surface area contributed by atoms with Crippen molar-refractivity contribution in [1.82, 2.24) is 4.98 Å². The maximum atomic E-state index is 13.5. The monoisotopic (exact) mass is 418 g/mol. The third-order valence-corrected chi connectivity index (χ3v) is 4.89. The topological polar surface area (TPSA) is 97.2 Å². The smallest absolute Gasteiger partial charge is 0.292 e. The highest BCUT2D eigenvalue weighted by Crippen LogP contribution is 2.31. The highest BCUT2D eigenvalue weighted by molar-refractivity contribution is 7.16. The number of nitrogens with zero attached hydrogens (tertiary/aromatic N) is 2. The van der Waals surface area contributed by atoms with Gasteiger partial charge in [0, 0.05) is 29.5 Å². The predicted molar refractivity (Wildman–Crippen MR) is 107 cm³/mol. The number of nitrogens with one attached hydrogen (secondary N) is 2. The van der Waals surface area contributed by atoms with Crippen LogP contribution in [0.15, 0.2) is 42.5 Å². The lowest BCUT2D eigenvalue weighted by molar-refractivity contribution is -0.384. The summed E-state index contributed by atoms with van der Waals surface area (Å²) >= 11 is 1.21. The first-order chi connectivity index (χ1) is 13.8. The van der Waals surface area contributed by atoms with Gasteiger partial charge < -0.3 is 10.6 Å². The Labute approximate surface area is 168 Å². The van der Waals surface area contributed by atoms with Crippen molar-refractivity contribution in [2.24, 2.45) is 0 Å². The average molecular weight is 418 g/mol. The summed E-state index contributed by atoms with van der Waals surface area (Å²) < 4.78 is 26.6. The van der Waals surface area contributed by atoms with Crippen molar-refractivity contribution < 1.29 is 18.5 Å². The number of hydrogen-bond donors (Lipinski definition) is 2. The van der Waals surface area contributed by atoms with Gasteiger partial charge in [-0.25, -0.2) is 13.8 Å². The van der Waals surface area contributed by atoms with Crippen molar-refractivity contribution in [1.29, 1.82) is 0 Å². The van der Waals surface area contributed by atoms with Gasteiger partial charge in [-0.05, 0) is 31.2 Å². The fourth-order valence-electron chi connectivity index (χ4n) is 2.64. The zero-order valence-electron chi connectivity index (χ0n) is 15.2. The van der Waals surface area contributed by atoms with Gasteiger partial charge in [0.2, 0.25) is 5.91 Å². The van der Waals surface area contributed by atoms with Crippen molar-refractivity contribution in [2.45, 2.75) is 13.3 Å². The Kier molecular flexibility index (Phi) is 6.13. The van der Waals surface area contributed by atoms with E-state index < -0.39 is 16.6 Å². The number of hydrogen-bond acceptors (Lipinski definition) is 6. The van der Waals surface area contributed by atoms with Gasteiger partial charge in [-0.15, -0.1) is 11.3 Å². The molecule has 0 fully saturated rings. The first kappa shape index (κ1) is 20.3. The van der Waals surface area contributed by atoms with Gasteiger partial charge in [0.25, 0.3) is 5.69 Å². The summed E-state index contributed by atoms with van der Waals surface area (Å²) in [5.41, 5.74) is 1.13. The molecule has 3 aromatic rings. The fraction of sp³-hybridized carbons (Fsp3) is 0.158. The standard InChI is InChI=1S/C19H16F2N4O3S/c1-11-18(12-6-7-13(20)14(21)10-12)24-19(29-11)23-17(26)8-9-22-15-4-2-3-5-16(15)25(27)28/h2-7,10,22H,8-9H2,1H3,(H,23,24,26). The highest BCUT2D eigenvalue weighted by Gasteiger charge is 2.15. The first-order valence-electron chi connectivity index (χ1n) is 8.55. The van der Waals surface area contributed by atoms with Gasteiger partial charge in [-0.1, -0.05) is 12.1 Å². The van der Waals surface area contributed by atoms with Gasteiger partial charge in [-0.3, -0.25) is 14.9 Å². The number of carbonyl (C=O) groups is 1. The molecule has 0 saturated heterocycles. The summed E-state index contributed by atoms with van der Waals surface area (Å²) in [6, 6.07) is 9.66. The van der Waals surface area contributed by atoms with E-state index in [1.54, 1.807) is 25.1 Å². The Hall–Kier alpha value is -3.40. The molecule has 150 valence electrons. The molecular formula is C19H16F2N4O3S. The SMILES string of the molecule is Cc1sc(NC(=O)CCNc2ccccc2[N+](=O)[O-])nc1-c1ccc(F)c(F)c1. The molecule has 2 aromatic carbocycles. The summed E-state index contributed by atoms with van der Waals surface area (Å²) in [5, 5.41) is 16.8. The number of benzene rings is 2. The van der Waals surface area contributed by atoms with Crippen LogP contribution in [0.25, 0.3) is 11.3 Å². The van der Waals surface area contributed by atoms with Gasteiger partial charge in [0.1, 0.15) is 5.69 Å². The molecule has 0 radical (unpaired) electrons. The van der Waals surface area contributed by atoms with E-state index in [1.807, 2.05) is 0 Å². The Balaban J connectivity index is 1.60. The summed E-state index contributed by atoms with van der Waals surface area (Å²) in [4.78, 5) is 27.7. The van der Waals surface area contributed by atoms with Crippen LogP contribution in [0.2, 0.25) is 0 Å². The van der Waals surface area contributed by atoms with Crippen molar-refractivity contribution >= 4 is 33.8 Å². The number of halogens is 2. The fourth-order valence-corrected chi connectivity index (χ4v) is 3.49. The molecule has 10 heteroatoms. The second kappa shape index (κ2) is 8.74. The van der Waals surface area contributed by atoms with Crippen LogP contribution < -0.4 is 10.6 Å². The minimum Gasteiger partial charge on any atom is -0.379 e. The number of para-hydroxylation sites is 2. The number of rotatable bonds is 7. The van der Waals surface area contributed by atoms with Gasteiger partial charge in [-0.2, -0.15) is 0 Å². The van der Waals surface area contributed by atoms with E-state index in [9.17, 15) is 23.7 Å². The minimum absolute atomic E-state index is 0.0607. The number of anilines is 2. The van der Waals surface area contributed by atoms with Gasteiger partial charge in [0.05, 0.1) is 10.6 Å². The molecule has 0 spiro atoms. The van der Waals surface area contributed by atoms with Crippen LogP contribution in [0, 0.1) is 28.7 Å². The Bertz CT molecular complexity index is 1070. The van der Waals surface area contributed by atoms with E-state index in [0.29, 0.717) is 22.1 Å². The molecule has 2 N–H and O–H groups in total. The molecule has 1 amide bonds. The normalized spacial score (nSPS) is 10.6. The van der Waals surface area contributed by atoms with Crippen LogP contribution in [0.3, 0.4) is 0 Å². The van der Waals surface area contributed by atoms with E-state index in [0.717, 1.165) is 17.0 Å². The molecule has 0 aliphatic heterocycles. The number of nitro benzene ring substituents is 1. The van der Waals surface area contributed by atoms with Gasteiger partial charge in [0.15, 0.2) is 16.8 Å². The number of aryl methyl sites for hydroxylation is 1. The number of thiazole rings is 1. The maximum Gasteiger partial charge on any atom is 0.292 e. The van der Waals surface area contributed by atoms with E-state index in [-0.39, 0.29) is 24.6 Å². The largest absolute Gasteiger partial charge is 0.379 e. The molecule has 0 unspecified atom stereocenters. The molecule has 0 atom stereocenters. The summed E-state index contributed by atoms with van der Waals surface area (Å²) in [6.45, 7) is 1.96. The van der Waals surface area contributed by atoms with Crippen LogP contribution in [0.1, 0.15) is 11.3 Å². The molecule has 3 rings (SSSR count). The van der Waals surface area contributed by atoms with Crippen LogP contribution in [0.5, 0.6) is 0 Å². The van der Waals surface area contributed by atoms with Crippen molar-refractivity contribution in [2.75, 3.05) is 17.2 Å². The number of carbonyl (C=O) groups excluding carboxylic acids is 1. The quantitative estimate of drug-likeness (QED) is 0.426. The van der Waals surface area contributed by atoms with Crippen LogP contribution in [-0.4, -0.2) is 22.4 Å². The van der Waals surface area contributed by atoms with Crippen molar-refractivity contribution in [3.8, 4) is 11.3 Å². The second-order valence-electron chi connectivity index (χ2n) is 6.05. The molecule has 0 saturated carbocycles. The molecule has 0 bridgehead atoms. The number of aromatic nitrogens is 1. The van der Waals surface area contributed by atoms with Crippen LogP contribution >= 0.6 is 11.3 Å². The maximum absolute atomic E-state index is 13.5. The summed E-state index contributed by atoms with van der Waals surface area (Å²) in [5.74, 6) is -2.25. The van der Waals surface area contributed by atoms with E-state index >= 15 is 0 Å². The average Bonchev–Trinajstić information content (AvgIpc) is 3.04. The Morgan fingerprint density at radius 2 is 1.97 bits per heavy atom. The first-order valence-corrected chi connectivity index (χ1v) is 9.37. The highest BCUT2D eigenvalue weighted by atomic mass is 32.1. The van der Waals surface area contributed by atoms with Crippen LogP contribution in [0.4, 0.5) is 25.3 Å². The lowest BCUT2D eigenvalue weighted by Crippen LogP contribution is -2.16. The molecule has 29 heavy (non-hydrogen) atoms. The van der Waals surface area contributed by atoms with Crippen molar-refractivity contribution in [3.05, 3.63) is 69.1 Å². The second-order valence-corrected chi connectivity index (χ2v) is 7.26. The Morgan fingerprint density at radius 3 is 2.69 bits per heavy atom. The molecule has 7 nitrogen and oxygen atoms in total. The van der Waals surface area contributed by atoms with E-state index in [4.69, 9.17) is 0 Å². The van der Waals surface area contributed by atoms with E-state index in [1.165, 1.54) is 23.5 Å². The number of nitro groups is 1.